The number of hydrogen-bond donors (Lipinski definition) is 30. The first-order chi connectivity index (χ1) is 51.5. The van der Waals surface area contributed by atoms with Crippen LogP contribution in [0.5, 0.6) is 0 Å². The average Bonchev–Trinajstić information content (AvgIpc) is 0.751. The molecule has 50 nitrogen and oxygen atoms in total. The summed E-state index contributed by atoms with van der Waals surface area (Å²) in [5.74, 6) is -21.5. The highest BCUT2D eigenvalue weighted by atomic mass is 16.8. The fourth-order valence-corrected chi connectivity index (χ4v) is 13.9. The summed E-state index contributed by atoms with van der Waals surface area (Å²) < 4.78 is 75.4. The lowest BCUT2D eigenvalue weighted by molar-refractivity contribution is -0.405. The molecule has 7 rings (SSSR count). The summed E-state index contributed by atoms with van der Waals surface area (Å²) in [4.78, 5) is 91.5. The molecule has 50 heteroatoms. The summed E-state index contributed by atoms with van der Waals surface area (Å²) in [5, 5.41) is 296. The number of carboxylic acids is 3. The van der Waals surface area contributed by atoms with E-state index in [0.717, 1.165) is 27.7 Å². The topological polar surface area (TPSA) is 814 Å². The van der Waals surface area contributed by atoms with E-state index in [-0.39, 0.29) is 0 Å². The van der Waals surface area contributed by atoms with E-state index in [0.29, 0.717) is 0 Å². The highest BCUT2D eigenvalue weighted by Gasteiger charge is 2.66. The van der Waals surface area contributed by atoms with Gasteiger partial charge in [0.05, 0.1) is 82.7 Å². The van der Waals surface area contributed by atoms with Crippen molar-refractivity contribution in [2.45, 2.75) is 285 Å². The summed E-state index contributed by atoms with van der Waals surface area (Å²) in [6.07, 6.45) is -80.9. The fourth-order valence-electron chi connectivity index (χ4n) is 13.9. The van der Waals surface area contributed by atoms with Crippen LogP contribution < -0.4 is 21.3 Å². The molecule has 7 heterocycles. The van der Waals surface area contributed by atoms with Crippen molar-refractivity contribution in [2.75, 3.05) is 46.2 Å². The Bertz CT molecular complexity index is 3070. The van der Waals surface area contributed by atoms with E-state index in [1.165, 1.54) is 0 Å². The van der Waals surface area contributed by atoms with Gasteiger partial charge in [0.1, 0.15) is 159 Å². The second-order valence-corrected chi connectivity index (χ2v) is 27.3. The monoisotopic (exact) mass is 1610 g/mol. The zero-order valence-corrected chi connectivity index (χ0v) is 58.6. The number of aliphatic hydroxyl groups excluding tert-OH is 23. The molecule has 0 aromatic carbocycles. The number of carbonyl (C=O) groups excluding carboxylic acids is 4. The van der Waals surface area contributed by atoms with Gasteiger partial charge in [-0.3, -0.25) is 19.2 Å². The van der Waals surface area contributed by atoms with Crippen molar-refractivity contribution in [1.29, 1.82) is 0 Å². The van der Waals surface area contributed by atoms with Crippen LogP contribution in [-0.4, -0.2) is 458 Å². The summed E-state index contributed by atoms with van der Waals surface area (Å²) in [5.41, 5.74) is 0. The summed E-state index contributed by atoms with van der Waals surface area (Å²) >= 11 is 0. The standard InChI is InChI=1S/C60H98N4O46/c1-15(72)61-29-19(76)5-58(55(92)93,106-45(29)33(82)22(79)8-65)105-27(13-70)37(86)47-31(63-17(3)74)21(78)6-59(108-47,56(94)95)109-49-36(85)26(12-69)99-53(40(49)89)103-44-32(64-18(4)75)52(98-25(11-68)35(44)84)102-43-28(14-71)100-54(104-48-38(87)42(24(81)10-67)101-51(91)39(48)88)41(90)50(43)110-60(57(96)97)7-20(77)30(62-16(2)73)46(107-60)34(83)23(80)9-66/h19-54,65-71,76-91H,5-14H2,1-4H3,(H,61,72)(H,62,73)(H,63,74)(H,64,75)(H,92,93)(H,94,95)(H,96,97)/t19-,20-,21-,22+,23+,24-,25+,26+,27+,28+,29+,30+,31+,32+,33+,34+,35-,36-,37+,38+,39-,40+,41+,42+,43-,44+,45+,46+,47+,48-,49-,50+,51-,52-,53-,54-,58+,59-,60-/m0/s1. The van der Waals surface area contributed by atoms with E-state index < -0.39 is 345 Å². The minimum atomic E-state index is -3.63. The van der Waals surface area contributed by atoms with Gasteiger partial charge in [-0.15, -0.1) is 0 Å². The lowest BCUT2D eigenvalue weighted by atomic mass is 9.87. The first-order valence-electron chi connectivity index (χ1n) is 34.1. The first kappa shape index (κ1) is 92.0. The summed E-state index contributed by atoms with van der Waals surface area (Å²) in [6.45, 7) is -5.97. The molecule has 0 unspecified atom stereocenters. The lowest BCUT2D eigenvalue weighted by Gasteiger charge is -2.53. The Morgan fingerprint density at radius 3 is 1.15 bits per heavy atom. The van der Waals surface area contributed by atoms with Crippen molar-refractivity contribution in [2.24, 2.45) is 0 Å². The van der Waals surface area contributed by atoms with E-state index in [1.807, 2.05) is 0 Å². The van der Waals surface area contributed by atoms with Crippen LogP contribution in [0.2, 0.25) is 0 Å². The van der Waals surface area contributed by atoms with Crippen LogP contribution in [-0.2, 0) is 95.1 Å². The third kappa shape index (κ3) is 19.8. The Morgan fingerprint density at radius 2 is 0.745 bits per heavy atom. The Balaban J connectivity index is 1.27. The maximum Gasteiger partial charge on any atom is 0.364 e. The van der Waals surface area contributed by atoms with Gasteiger partial charge in [-0.2, -0.15) is 0 Å². The molecule has 7 aliphatic heterocycles. The molecule has 110 heavy (non-hydrogen) atoms. The van der Waals surface area contributed by atoms with Gasteiger partial charge in [0.25, 0.3) is 17.4 Å². The van der Waals surface area contributed by atoms with Crippen LogP contribution in [0.1, 0.15) is 47.0 Å². The molecule has 0 saturated carbocycles. The van der Waals surface area contributed by atoms with Crippen LogP contribution in [0.15, 0.2) is 0 Å². The number of carboxylic acid groups (broad SMARTS) is 3. The maximum atomic E-state index is 13.8. The molecular weight excluding hydrogens is 1510 g/mol. The quantitative estimate of drug-likeness (QED) is 0.0290. The van der Waals surface area contributed by atoms with Gasteiger partial charge in [-0.1, -0.05) is 0 Å². The predicted molar refractivity (Wildman–Crippen MR) is 336 cm³/mol. The van der Waals surface area contributed by atoms with E-state index in [4.69, 9.17) is 61.6 Å². The van der Waals surface area contributed by atoms with E-state index >= 15 is 0 Å². The second-order valence-electron chi connectivity index (χ2n) is 27.3. The number of hydrogen-bond acceptors (Lipinski definition) is 43. The molecule has 39 atom stereocenters. The number of amides is 4. The van der Waals surface area contributed by atoms with Crippen LogP contribution >= 0.6 is 0 Å². The molecule has 0 aromatic rings. The predicted octanol–water partition coefficient (Wildman–Crippen LogP) is -18.7. The smallest absolute Gasteiger partial charge is 0.364 e. The molecule has 0 aromatic heterocycles. The van der Waals surface area contributed by atoms with Crippen molar-refractivity contribution in [3.8, 4) is 0 Å². The molecule has 30 N–H and O–H groups in total. The zero-order valence-electron chi connectivity index (χ0n) is 58.6. The number of nitrogens with one attached hydrogen (secondary N) is 4. The van der Waals surface area contributed by atoms with E-state index in [9.17, 15) is 166 Å². The number of ether oxygens (including phenoxy) is 13. The van der Waals surface area contributed by atoms with Gasteiger partial charge in [-0.05, 0) is 0 Å². The number of carbonyl (C=O) groups is 7. The van der Waals surface area contributed by atoms with Crippen molar-refractivity contribution in [3.05, 3.63) is 0 Å². The van der Waals surface area contributed by atoms with Crippen LogP contribution in [0.25, 0.3) is 0 Å². The number of aliphatic carboxylic acids is 3. The Morgan fingerprint density at radius 1 is 0.382 bits per heavy atom. The maximum absolute atomic E-state index is 13.8. The number of rotatable bonds is 33. The minimum Gasteiger partial charge on any atom is -0.477 e. The van der Waals surface area contributed by atoms with E-state index in [2.05, 4.69) is 21.3 Å². The normalized spacial score (nSPS) is 43.1. The van der Waals surface area contributed by atoms with Crippen LogP contribution in [0.3, 0.4) is 0 Å². The summed E-state index contributed by atoms with van der Waals surface area (Å²) in [7, 11) is 0. The van der Waals surface area contributed by atoms with Crippen molar-refractivity contribution < 1.29 is 228 Å². The molecule has 0 bridgehead atoms. The Hall–Kier alpha value is -5.15. The van der Waals surface area contributed by atoms with Crippen molar-refractivity contribution in [1.82, 2.24) is 21.3 Å². The molecule has 0 spiro atoms. The molecule has 7 fully saturated rings. The average molecular weight is 1610 g/mol. The van der Waals surface area contributed by atoms with Crippen molar-refractivity contribution in [3.63, 3.8) is 0 Å². The van der Waals surface area contributed by atoms with Gasteiger partial charge < -0.3 is 216 Å². The molecule has 7 saturated heterocycles. The Kier molecular flexibility index (Phi) is 32.2. The molecule has 4 amide bonds. The van der Waals surface area contributed by atoms with E-state index in [1.54, 1.807) is 0 Å². The largest absolute Gasteiger partial charge is 0.477 e. The zero-order chi connectivity index (χ0) is 82.4. The van der Waals surface area contributed by atoms with Gasteiger partial charge in [0.2, 0.25) is 23.6 Å². The minimum absolute atomic E-state index is 0.801. The second kappa shape index (κ2) is 38.5. The fraction of sp³-hybridized carbons (Fsp3) is 0.883. The lowest BCUT2D eigenvalue weighted by Crippen LogP contribution is -2.73. The number of aliphatic hydroxyl groups is 23. The highest BCUT2D eigenvalue weighted by Crippen LogP contribution is 2.44. The van der Waals surface area contributed by atoms with Crippen molar-refractivity contribution >= 4 is 41.5 Å². The van der Waals surface area contributed by atoms with Gasteiger partial charge in [0, 0.05) is 47.0 Å². The van der Waals surface area contributed by atoms with Gasteiger partial charge in [0.15, 0.2) is 25.2 Å². The molecule has 634 valence electrons. The highest BCUT2D eigenvalue weighted by molar-refractivity contribution is 5.78. The first-order valence-corrected chi connectivity index (χ1v) is 34.1. The third-order valence-corrected chi connectivity index (χ3v) is 19.4. The SMILES string of the molecule is CC(=O)N[C@H]1[C@H](O[C@@H]2[C@H](O[C@]3(C(=O)O)C[C@H](O)[C@@H](NC(C)=O)[C@H]([C@H](O)[C@H](O)CO)O3)[C@@H](O)[C@H](O[C@H]3[C@H](O)[C@@H]([C@@H](O)CO)O[C@H](O)[C@H]3O)O[C@@H]2CO)O[C@H](CO)[C@H](O)[C@@H]1O[C@@H]1O[C@H](CO)[C@H](O)[C@H](O[C@]2(C(=O)O)C[C@H](O)[C@@H](NC(C)=O)[C@H]([C@H](O)[C@@H](CO)O[C@]3(C(=O)O)C[C@H](O)[C@@H](NC(C)=O)[C@H]([C@H](O)[C@H](O)CO)O3)O2)[C@H]1O. The molecule has 0 aliphatic carbocycles. The van der Waals surface area contributed by atoms with Gasteiger partial charge in [-0.25, -0.2) is 14.4 Å². The molecule has 0 radical (unpaired) electrons. The summed E-state index contributed by atoms with van der Waals surface area (Å²) in [6, 6.07) is -8.02. The van der Waals surface area contributed by atoms with Crippen LogP contribution in [0.4, 0.5) is 0 Å². The molecular formula is C60H98N4O46. The Labute approximate surface area is 620 Å². The van der Waals surface area contributed by atoms with Gasteiger partial charge >= 0.3 is 17.9 Å². The molecule has 7 aliphatic rings. The third-order valence-electron chi connectivity index (χ3n) is 19.4. The van der Waals surface area contributed by atoms with Crippen LogP contribution in [0, 0.1) is 0 Å².